The van der Waals surface area contributed by atoms with Gasteiger partial charge in [0.25, 0.3) is 5.56 Å². The summed E-state index contributed by atoms with van der Waals surface area (Å²) in [6.07, 6.45) is 6.98. The van der Waals surface area contributed by atoms with Crippen LogP contribution in [-0.4, -0.2) is 27.0 Å². The topological polar surface area (TPSA) is 67.2 Å². The highest BCUT2D eigenvalue weighted by Gasteiger charge is 2.33. The van der Waals surface area contributed by atoms with Crippen molar-refractivity contribution in [2.24, 2.45) is 0 Å². The van der Waals surface area contributed by atoms with Gasteiger partial charge in [0.1, 0.15) is 5.02 Å². The van der Waals surface area contributed by atoms with Crippen LogP contribution in [0.15, 0.2) is 23.6 Å². The molecule has 0 unspecified atom stereocenters. The van der Waals surface area contributed by atoms with Crippen molar-refractivity contribution in [3.8, 4) is 0 Å². The minimum absolute atomic E-state index is 0.0269. The fraction of sp³-hybridized carbons (Fsp3) is 0.538. The molecular formula is C13H18ClN3O2. The summed E-state index contributed by atoms with van der Waals surface area (Å²) < 4.78 is 1.25. The van der Waals surface area contributed by atoms with Crippen molar-refractivity contribution in [3.63, 3.8) is 0 Å². The summed E-state index contributed by atoms with van der Waals surface area (Å²) in [6, 6.07) is 0. The zero-order valence-electron chi connectivity index (χ0n) is 10.7. The molecular weight excluding hydrogens is 266 g/mol. The molecule has 0 aromatic carbocycles. The number of nitrogens with one attached hydrogen (secondary N) is 1. The number of aliphatic hydroxyl groups is 1. The molecule has 5 nitrogen and oxygen atoms in total. The normalized spacial score (nSPS) is 17.4. The van der Waals surface area contributed by atoms with Crippen LogP contribution in [0.5, 0.6) is 0 Å². The van der Waals surface area contributed by atoms with Crippen LogP contribution in [0.2, 0.25) is 5.02 Å². The van der Waals surface area contributed by atoms with Gasteiger partial charge in [0.05, 0.1) is 30.6 Å². The second-order valence-corrected chi connectivity index (χ2v) is 5.30. The van der Waals surface area contributed by atoms with E-state index < -0.39 is 0 Å². The summed E-state index contributed by atoms with van der Waals surface area (Å²) in [5.41, 5.74) is -0.233. The Morgan fingerprint density at radius 1 is 1.58 bits per heavy atom. The Morgan fingerprint density at radius 2 is 2.26 bits per heavy atom. The maximum absolute atomic E-state index is 12.0. The lowest BCUT2D eigenvalue weighted by molar-refractivity contribution is 0.214. The number of aromatic nitrogens is 2. The van der Waals surface area contributed by atoms with Gasteiger partial charge >= 0.3 is 0 Å². The number of aliphatic hydroxyl groups excluding tert-OH is 1. The third kappa shape index (κ3) is 2.82. The first-order valence-corrected chi connectivity index (χ1v) is 6.75. The zero-order chi connectivity index (χ0) is 13.9. The average Bonchev–Trinajstić information content (AvgIpc) is 2.88. The van der Waals surface area contributed by atoms with Gasteiger partial charge in [-0.05, 0) is 12.8 Å². The number of anilines is 1. The first-order chi connectivity index (χ1) is 9.12. The van der Waals surface area contributed by atoms with Crippen molar-refractivity contribution in [1.29, 1.82) is 0 Å². The van der Waals surface area contributed by atoms with Crippen LogP contribution >= 0.6 is 11.6 Å². The number of allylic oxidation sites excluding steroid dienone is 1. The minimum atomic E-state index is -0.373. The molecule has 1 aromatic heterocycles. The molecule has 1 aliphatic carbocycles. The quantitative estimate of drug-likeness (QED) is 0.809. The van der Waals surface area contributed by atoms with E-state index in [-0.39, 0.29) is 22.7 Å². The summed E-state index contributed by atoms with van der Waals surface area (Å²) in [4.78, 5) is 12.0. The predicted octanol–water partition coefficient (Wildman–Crippen LogP) is 1.80. The number of halogens is 1. The highest BCUT2D eigenvalue weighted by molar-refractivity contribution is 6.32. The molecule has 0 radical (unpaired) electrons. The second kappa shape index (κ2) is 5.75. The molecule has 2 rings (SSSR count). The van der Waals surface area contributed by atoms with E-state index in [1.54, 1.807) is 6.08 Å². The lowest BCUT2D eigenvalue weighted by Crippen LogP contribution is -2.40. The van der Waals surface area contributed by atoms with Crippen molar-refractivity contribution in [3.05, 3.63) is 34.2 Å². The first-order valence-electron chi connectivity index (χ1n) is 6.37. The SMILES string of the molecule is C=CCn1ncc(NC2(CO)CCCC2)c(Cl)c1=O. The summed E-state index contributed by atoms with van der Waals surface area (Å²) >= 11 is 6.08. The van der Waals surface area contributed by atoms with E-state index in [9.17, 15) is 9.90 Å². The maximum Gasteiger partial charge on any atom is 0.287 e. The number of hydrogen-bond acceptors (Lipinski definition) is 4. The second-order valence-electron chi connectivity index (χ2n) is 4.92. The molecule has 0 atom stereocenters. The Hall–Kier alpha value is -1.33. The van der Waals surface area contributed by atoms with Crippen LogP contribution < -0.4 is 10.9 Å². The molecule has 0 aliphatic heterocycles. The number of nitrogens with zero attached hydrogens (tertiary/aromatic N) is 2. The van der Waals surface area contributed by atoms with Crippen molar-refractivity contribution < 1.29 is 5.11 Å². The Labute approximate surface area is 116 Å². The zero-order valence-corrected chi connectivity index (χ0v) is 11.5. The molecule has 104 valence electrons. The molecule has 1 fully saturated rings. The van der Waals surface area contributed by atoms with E-state index in [1.807, 2.05) is 0 Å². The van der Waals surface area contributed by atoms with Gasteiger partial charge in [-0.15, -0.1) is 6.58 Å². The van der Waals surface area contributed by atoms with Crippen LogP contribution in [0.25, 0.3) is 0 Å². The van der Waals surface area contributed by atoms with Crippen molar-refractivity contribution >= 4 is 17.3 Å². The molecule has 19 heavy (non-hydrogen) atoms. The Morgan fingerprint density at radius 3 is 2.84 bits per heavy atom. The van der Waals surface area contributed by atoms with Gasteiger partial charge < -0.3 is 10.4 Å². The van der Waals surface area contributed by atoms with Gasteiger partial charge in [0.15, 0.2) is 0 Å². The fourth-order valence-corrected chi connectivity index (χ4v) is 2.66. The first kappa shape index (κ1) is 14.1. The van der Waals surface area contributed by atoms with Crippen molar-refractivity contribution in [2.45, 2.75) is 37.8 Å². The van der Waals surface area contributed by atoms with Crippen LogP contribution in [0.4, 0.5) is 5.69 Å². The lowest BCUT2D eigenvalue weighted by atomic mass is 9.99. The fourth-order valence-electron chi connectivity index (χ4n) is 2.46. The van der Waals surface area contributed by atoms with Crippen LogP contribution in [0, 0.1) is 0 Å². The Kier molecular flexibility index (Phi) is 4.27. The summed E-state index contributed by atoms with van der Waals surface area (Å²) in [5, 5.41) is 16.9. The molecule has 0 bridgehead atoms. The standard InChI is InChI=1S/C13H18ClN3O2/c1-2-7-17-12(19)11(14)10(8-15-17)16-13(9-18)5-3-4-6-13/h2,8,16,18H,1,3-7,9H2. The summed E-state index contributed by atoms with van der Waals surface area (Å²) in [7, 11) is 0. The number of hydrogen-bond donors (Lipinski definition) is 2. The van der Waals surface area contributed by atoms with E-state index in [2.05, 4.69) is 17.0 Å². The monoisotopic (exact) mass is 283 g/mol. The Balaban J connectivity index is 2.28. The third-order valence-corrected chi connectivity index (χ3v) is 3.92. The lowest BCUT2D eigenvalue weighted by Gasteiger charge is -2.29. The van der Waals surface area contributed by atoms with Crippen molar-refractivity contribution in [1.82, 2.24) is 9.78 Å². The van der Waals surface area contributed by atoms with Gasteiger partial charge in [0.2, 0.25) is 0 Å². The van der Waals surface area contributed by atoms with Crippen LogP contribution in [0.3, 0.4) is 0 Å². The molecule has 0 saturated heterocycles. The smallest absolute Gasteiger partial charge is 0.287 e. The predicted molar refractivity (Wildman–Crippen MR) is 75.6 cm³/mol. The van der Waals surface area contributed by atoms with Gasteiger partial charge in [-0.3, -0.25) is 4.79 Å². The molecule has 0 spiro atoms. The molecule has 1 aliphatic rings. The molecule has 1 saturated carbocycles. The maximum atomic E-state index is 12.0. The Bertz CT molecular complexity index is 521. The number of rotatable bonds is 5. The van der Waals surface area contributed by atoms with E-state index in [4.69, 9.17) is 11.6 Å². The molecule has 1 heterocycles. The van der Waals surface area contributed by atoms with E-state index in [0.29, 0.717) is 12.2 Å². The van der Waals surface area contributed by atoms with E-state index >= 15 is 0 Å². The van der Waals surface area contributed by atoms with Gasteiger partial charge in [-0.1, -0.05) is 30.5 Å². The average molecular weight is 284 g/mol. The van der Waals surface area contributed by atoms with Crippen LogP contribution in [-0.2, 0) is 6.54 Å². The molecule has 1 aromatic rings. The summed E-state index contributed by atoms with van der Waals surface area (Å²) in [5.74, 6) is 0. The van der Waals surface area contributed by atoms with Gasteiger partial charge in [-0.2, -0.15) is 5.10 Å². The summed E-state index contributed by atoms with van der Waals surface area (Å²) in [6.45, 7) is 3.92. The molecule has 2 N–H and O–H groups in total. The third-order valence-electron chi connectivity index (χ3n) is 3.55. The van der Waals surface area contributed by atoms with Gasteiger partial charge in [-0.25, -0.2) is 4.68 Å². The minimum Gasteiger partial charge on any atom is -0.394 e. The van der Waals surface area contributed by atoms with Crippen LogP contribution in [0.1, 0.15) is 25.7 Å². The molecule has 6 heteroatoms. The highest BCUT2D eigenvalue weighted by Crippen LogP contribution is 2.33. The van der Waals surface area contributed by atoms with Crippen molar-refractivity contribution in [2.75, 3.05) is 11.9 Å². The van der Waals surface area contributed by atoms with Gasteiger partial charge in [0, 0.05) is 0 Å². The van der Waals surface area contributed by atoms with E-state index in [0.717, 1.165) is 25.7 Å². The largest absolute Gasteiger partial charge is 0.394 e. The highest BCUT2D eigenvalue weighted by atomic mass is 35.5. The molecule has 0 amide bonds. The van der Waals surface area contributed by atoms with E-state index in [1.165, 1.54) is 10.9 Å².